The van der Waals surface area contributed by atoms with E-state index in [-0.39, 0.29) is 17.6 Å². The Balaban J connectivity index is 2.15. The summed E-state index contributed by atoms with van der Waals surface area (Å²) in [6, 6.07) is 4.50. The van der Waals surface area contributed by atoms with Gasteiger partial charge < -0.3 is 16.0 Å². The molecule has 0 saturated carbocycles. The molecule has 0 aliphatic carbocycles. The van der Waals surface area contributed by atoms with Crippen molar-refractivity contribution in [2.24, 2.45) is 5.92 Å². The maximum absolute atomic E-state index is 13.3. The van der Waals surface area contributed by atoms with Crippen molar-refractivity contribution in [3.05, 3.63) is 24.0 Å². The van der Waals surface area contributed by atoms with Crippen LogP contribution in [0.15, 0.2) is 18.2 Å². The number of benzene rings is 1. The number of hydrogen-bond acceptors (Lipinski definition) is 3. The average Bonchev–Trinajstić information content (AvgIpc) is 2.37. The fraction of sp³-hybridized carbons (Fsp3) is 0.462. The second-order valence-electron chi connectivity index (χ2n) is 4.64. The minimum absolute atomic E-state index is 0.0340. The number of nitrogen functional groups attached to an aromatic ring is 1. The summed E-state index contributed by atoms with van der Waals surface area (Å²) in [4.78, 5) is 13.7. The van der Waals surface area contributed by atoms with Gasteiger partial charge in [0.05, 0.1) is 5.92 Å². The normalized spacial score (nSPS) is 19.7. The Kier molecular flexibility index (Phi) is 3.69. The van der Waals surface area contributed by atoms with Gasteiger partial charge in [-0.1, -0.05) is 0 Å². The molecule has 1 aromatic rings. The van der Waals surface area contributed by atoms with E-state index in [9.17, 15) is 9.18 Å². The van der Waals surface area contributed by atoms with Crippen molar-refractivity contribution in [1.29, 1.82) is 0 Å². The van der Waals surface area contributed by atoms with Crippen molar-refractivity contribution in [1.82, 2.24) is 5.32 Å². The number of carbonyl (C=O) groups excluding carboxylic acids is 1. The van der Waals surface area contributed by atoms with Crippen LogP contribution < -0.4 is 16.0 Å². The van der Waals surface area contributed by atoms with Gasteiger partial charge in [0, 0.05) is 31.5 Å². The SMILES string of the molecule is CNC(=O)C1CCCN(c2cc(N)cc(F)c2)C1. The van der Waals surface area contributed by atoms with E-state index in [1.807, 2.05) is 4.90 Å². The fourth-order valence-corrected chi connectivity index (χ4v) is 2.41. The summed E-state index contributed by atoms with van der Waals surface area (Å²) in [6.45, 7) is 1.44. The molecule has 1 fully saturated rings. The Labute approximate surface area is 106 Å². The molecular weight excluding hydrogens is 233 g/mol. The third kappa shape index (κ3) is 2.72. The summed E-state index contributed by atoms with van der Waals surface area (Å²) in [6.07, 6.45) is 1.80. The first-order valence-corrected chi connectivity index (χ1v) is 6.13. The lowest BCUT2D eigenvalue weighted by Gasteiger charge is -2.33. The molecule has 3 N–H and O–H groups in total. The third-order valence-electron chi connectivity index (χ3n) is 3.31. The van der Waals surface area contributed by atoms with Crippen LogP contribution in [0.3, 0.4) is 0 Å². The topological polar surface area (TPSA) is 58.4 Å². The van der Waals surface area contributed by atoms with Crippen molar-refractivity contribution >= 4 is 17.3 Å². The first-order valence-electron chi connectivity index (χ1n) is 6.13. The molecule has 1 heterocycles. The lowest BCUT2D eigenvalue weighted by atomic mass is 9.96. The van der Waals surface area contributed by atoms with E-state index in [0.29, 0.717) is 12.2 Å². The molecule has 1 aromatic carbocycles. The highest BCUT2D eigenvalue weighted by molar-refractivity contribution is 5.79. The summed E-state index contributed by atoms with van der Waals surface area (Å²) in [5.74, 6) is -0.329. The monoisotopic (exact) mass is 251 g/mol. The Morgan fingerprint density at radius 1 is 1.50 bits per heavy atom. The number of carbonyl (C=O) groups is 1. The van der Waals surface area contributed by atoms with Crippen molar-refractivity contribution in [2.75, 3.05) is 30.8 Å². The quantitative estimate of drug-likeness (QED) is 0.780. The Morgan fingerprint density at radius 2 is 2.28 bits per heavy atom. The van der Waals surface area contributed by atoms with Gasteiger partial charge >= 0.3 is 0 Å². The molecule has 5 heteroatoms. The number of nitrogens with two attached hydrogens (primary N) is 1. The van der Waals surface area contributed by atoms with Crippen molar-refractivity contribution in [2.45, 2.75) is 12.8 Å². The van der Waals surface area contributed by atoms with E-state index in [1.54, 1.807) is 13.1 Å². The third-order valence-corrected chi connectivity index (χ3v) is 3.31. The fourth-order valence-electron chi connectivity index (χ4n) is 2.41. The zero-order valence-electron chi connectivity index (χ0n) is 10.4. The van der Waals surface area contributed by atoms with Gasteiger partial charge in [-0.2, -0.15) is 0 Å². The molecule has 18 heavy (non-hydrogen) atoms. The molecule has 1 amide bonds. The number of nitrogens with zero attached hydrogens (tertiary/aromatic N) is 1. The number of piperidine rings is 1. The molecule has 1 saturated heterocycles. The zero-order valence-corrected chi connectivity index (χ0v) is 10.4. The molecule has 1 atom stereocenters. The maximum Gasteiger partial charge on any atom is 0.224 e. The summed E-state index contributed by atoms with van der Waals surface area (Å²) in [5, 5.41) is 2.67. The maximum atomic E-state index is 13.3. The van der Waals surface area contributed by atoms with Crippen LogP contribution in [0.25, 0.3) is 0 Å². The lowest BCUT2D eigenvalue weighted by molar-refractivity contribution is -0.124. The molecule has 4 nitrogen and oxygen atoms in total. The summed E-state index contributed by atoms with van der Waals surface area (Å²) in [5.41, 5.74) is 6.80. The van der Waals surface area contributed by atoms with Crippen LogP contribution in [0, 0.1) is 11.7 Å². The number of hydrogen-bond donors (Lipinski definition) is 2. The molecule has 1 aliphatic heterocycles. The number of anilines is 2. The van der Waals surface area contributed by atoms with Crippen LogP contribution in [0.1, 0.15) is 12.8 Å². The number of rotatable bonds is 2. The minimum Gasteiger partial charge on any atom is -0.399 e. The number of nitrogens with one attached hydrogen (secondary N) is 1. The van der Waals surface area contributed by atoms with Crippen LogP contribution in [0.4, 0.5) is 15.8 Å². The molecular formula is C13H18FN3O. The molecule has 2 rings (SSSR count). The predicted molar refractivity (Wildman–Crippen MR) is 69.8 cm³/mol. The van der Waals surface area contributed by atoms with E-state index in [1.165, 1.54) is 12.1 Å². The van der Waals surface area contributed by atoms with Crippen LogP contribution in [0.5, 0.6) is 0 Å². The zero-order chi connectivity index (χ0) is 13.1. The summed E-state index contributed by atoms with van der Waals surface area (Å²) < 4.78 is 13.3. The Morgan fingerprint density at radius 3 is 2.94 bits per heavy atom. The van der Waals surface area contributed by atoms with Crippen LogP contribution >= 0.6 is 0 Å². The summed E-state index contributed by atoms with van der Waals surface area (Å²) >= 11 is 0. The van der Waals surface area contributed by atoms with Gasteiger partial charge in [-0.05, 0) is 31.0 Å². The first kappa shape index (κ1) is 12.7. The molecule has 0 aromatic heterocycles. The molecule has 98 valence electrons. The standard InChI is InChI=1S/C13H18FN3O/c1-16-13(18)9-3-2-4-17(8-9)12-6-10(14)5-11(15)7-12/h5-7,9H,2-4,8,15H2,1H3,(H,16,18). The Hall–Kier alpha value is -1.78. The van der Waals surface area contributed by atoms with Crippen molar-refractivity contribution in [3.63, 3.8) is 0 Å². The second-order valence-corrected chi connectivity index (χ2v) is 4.64. The predicted octanol–water partition coefficient (Wildman–Crippen LogP) is 1.37. The van der Waals surface area contributed by atoms with Gasteiger partial charge in [0.2, 0.25) is 5.91 Å². The largest absolute Gasteiger partial charge is 0.399 e. The molecule has 1 unspecified atom stereocenters. The molecule has 0 spiro atoms. The highest BCUT2D eigenvalue weighted by atomic mass is 19.1. The van der Waals surface area contributed by atoms with E-state index in [4.69, 9.17) is 5.73 Å². The lowest BCUT2D eigenvalue weighted by Crippen LogP contribution is -2.42. The average molecular weight is 251 g/mol. The highest BCUT2D eigenvalue weighted by Crippen LogP contribution is 2.25. The Bertz CT molecular complexity index is 430. The second kappa shape index (κ2) is 5.25. The smallest absolute Gasteiger partial charge is 0.224 e. The number of halogens is 1. The van der Waals surface area contributed by atoms with Gasteiger partial charge in [-0.25, -0.2) is 4.39 Å². The van der Waals surface area contributed by atoms with Crippen LogP contribution in [-0.4, -0.2) is 26.0 Å². The minimum atomic E-state index is -0.341. The van der Waals surface area contributed by atoms with E-state index >= 15 is 0 Å². The molecule has 0 radical (unpaired) electrons. The van der Waals surface area contributed by atoms with Crippen LogP contribution in [-0.2, 0) is 4.79 Å². The first-order chi connectivity index (χ1) is 8.60. The highest BCUT2D eigenvalue weighted by Gasteiger charge is 2.25. The van der Waals surface area contributed by atoms with Gasteiger partial charge in [0.15, 0.2) is 0 Å². The van der Waals surface area contributed by atoms with Crippen molar-refractivity contribution in [3.8, 4) is 0 Å². The van der Waals surface area contributed by atoms with Crippen LogP contribution in [0.2, 0.25) is 0 Å². The van der Waals surface area contributed by atoms with Gasteiger partial charge in [0.25, 0.3) is 0 Å². The molecule has 1 aliphatic rings. The van der Waals surface area contributed by atoms with Gasteiger partial charge in [-0.3, -0.25) is 4.79 Å². The summed E-state index contributed by atoms with van der Waals surface area (Å²) in [7, 11) is 1.64. The van der Waals surface area contributed by atoms with Gasteiger partial charge in [-0.15, -0.1) is 0 Å². The van der Waals surface area contributed by atoms with E-state index < -0.39 is 0 Å². The van der Waals surface area contributed by atoms with E-state index in [2.05, 4.69) is 5.32 Å². The molecule has 0 bridgehead atoms. The number of amides is 1. The van der Waals surface area contributed by atoms with Crippen molar-refractivity contribution < 1.29 is 9.18 Å². The van der Waals surface area contributed by atoms with Gasteiger partial charge in [0.1, 0.15) is 5.82 Å². The van der Waals surface area contributed by atoms with E-state index in [0.717, 1.165) is 25.1 Å².